The Labute approximate surface area is 154 Å². The van der Waals surface area contributed by atoms with Crippen molar-refractivity contribution in [3.63, 3.8) is 0 Å². The molecule has 0 heterocycles. The molecule has 3 nitrogen and oxygen atoms in total. The second-order valence-corrected chi connectivity index (χ2v) is 7.25. The molecule has 1 aromatic rings. The Hall–Kier alpha value is -1.20. The topological polar surface area (TPSA) is 46.3 Å². The van der Waals surface area contributed by atoms with E-state index in [0.717, 1.165) is 57.1 Å². The summed E-state index contributed by atoms with van der Waals surface area (Å²) in [7, 11) is 0. The highest BCUT2D eigenvalue weighted by molar-refractivity contribution is 5.85. The number of hydrogen-bond acceptors (Lipinski definition) is 2. The number of nitrogens with two attached hydrogens (primary N) is 1. The standard InChI is InChI=1S/C19H26F2N2O.ClH/c20-15-8-9-17(21)14(10-15)12-23(16-5-1-2-6-16)19(24)11-13-4-3-7-18(13)22;/h8-10,13,16,18H,1-7,11-12,22H2;1H/t13-,18+;/m0./s1. The lowest BCUT2D eigenvalue weighted by Crippen LogP contribution is -2.40. The summed E-state index contributed by atoms with van der Waals surface area (Å²) in [6.45, 7) is 0.148. The molecule has 0 unspecified atom stereocenters. The molecule has 140 valence electrons. The smallest absolute Gasteiger partial charge is 0.223 e. The van der Waals surface area contributed by atoms with Crippen LogP contribution < -0.4 is 5.73 Å². The molecule has 0 saturated heterocycles. The number of hydrogen-bond donors (Lipinski definition) is 1. The van der Waals surface area contributed by atoms with Crippen molar-refractivity contribution in [3.05, 3.63) is 35.4 Å². The van der Waals surface area contributed by atoms with E-state index in [-0.39, 0.29) is 48.4 Å². The molecule has 0 bridgehead atoms. The van der Waals surface area contributed by atoms with E-state index in [2.05, 4.69) is 0 Å². The Kier molecular flexibility index (Phi) is 7.20. The first-order valence-corrected chi connectivity index (χ1v) is 9.03. The van der Waals surface area contributed by atoms with Gasteiger partial charge in [0.05, 0.1) is 0 Å². The zero-order valence-corrected chi connectivity index (χ0v) is 15.2. The molecule has 3 rings (SSSR count). The molecule has 0 aliphatic heterocycles. The molecular formula is C19H27ClF2N2O. The van der Waals surface area contributed by atoms with E-state index >= 15 is 0 Å². The van der Waals surface area contributed by atoms with E-state index in [4.69, 9.17) is 5.73 Å². The van der Waals surface area contributed by atoms with Crippen molar-refractivity contribution < 1.29 is 13.6 Å². The van der Waals surface area contributed by atoms with Crippen LogP contribution >= 0.6 is 12.4 Å². The van der Waals surface area contributed by atoms with E-state index in [0.29, 0.717) is 6.42 Å². The van der Waals surface area contributed by atoms with Crippen LogP contribution in [0.25, 0.3) is 0 Å². The summed E-state index contributed by atoms with van der Waals surface area (Å²) >= 11 is 0. The molecule has 2 aliphatic rings. The summed E-state index contributed by atoms with van der Waals surface area (Å²) < 4.78 is 27.5. The highest BCUT2D eigenvalue weighted by Crippen LogP contribution is 2.31. The molecule has 0 radical (unpaired) electrons. The predicted molar refractivity (Wildman–Crippen MR) is 96.3 cm³/mol. The van der Waals surface area contributed by atoms with E-state index in [1.165, 1.54) is 6.07 Å². The fraction of sp³-hybridized carbons (Fsp3) is 0.632. The van der Waals surface area contributed by atoms with Gasteiger partial charge in [-0.05, 0) is 49.8 Å². The van der Waals surface area contributed by atoms with Crippen LogP contribution in [-0.2, 0) is 11.3 Å². The first-order valence-electron chi connectivity index (χ1n) is 9.03. The van der Waals surface area contributed by atoms with Gasteiger partial charge < -0.3 is 10.6 Å². The van der Waals surface area contributed by atoms with Crippen molar-refractivity contribution in [2.45, 2.75) is 70.0 Å². The van der Waals surface area contributed by atoms with Gasteiger partial charge in [-0.1, -0.05) is 19.3 Å². The molecule has 6 heteroatoms. The molecule has 2 N–H and O–H groups in total. The van der Waals surface area contributed by atoms with Gasteiger partial charge in [0, 0.05) is 30.6 Å². The average molecular weight is 373 g/mol. The maximum atomic E-state index is 14.0. The molecule has 0 spiro atoms. The zero-order chi connectivity index (χ0) is 17.1. The number of rotatable bonds is 5. The van der Waals surface area contributed by atoms with Gasteiger partial charge in [-0.25, -0.2) is 8.78 Å². The lowest BCUT2D eigenvalue weighted by molar-refractivity contribution is -0.135. The van der Waals surface area contributed by atoms with E-state index in [1.54, 1.807) is 4.90 Å². The van der Waals surface area contributed by atoms with Crippen molar-refractivity contribution in [2.24, 2.45) is 11.7 Å². The van der Waals surface area contributed by atoms with E-state index in [1.807, 2.05) is 0 Å². The van der Waals surface area contributed by atoms with Crippen molar-refractivity contribution in [3.8, 4) is 0 Å². The van der Waals surface area contributed by atoms with Crippen LogP contribution in [0.2, 0.25) is 0 Å². The third-order valence-electron chi connectivity index (χ3n) is 5.59. The lowest BCUT2D eigenvalue weighted by atomic mass is 9.98. The van der Waals surface area contributed by atoms with Crippen molar-refractivity contribution in [2.75, 3.05) is 0 Å². The molecule has 2 atom stereocenters. The van der Waals surface area contributed by atoms with Crippen LogP contribution in [0, 0.1) is 17.6 Å². The van der Waals surface area contributed by atoms with Crippen LogP contribution in [0.4, 0.5) is 8.78 Å². The number of amides is 1. The number of carbonyl (C=O) groups is 1. The minimum atomic E-state index is -0.469. The highest BCUT2D eigenvalue weighted by atomic mass is 35.5. The van der Waals surface area contributed by atoms with Gasteiger partial charge in [0.2, 0.25) is 5.91 Å². The Bertz CT molecular complexity index is 593. The molecule has 25 heavy (non-hydrogen) atoms. The summed E-state index contributed by atoms with van der Waals surface area (Å²) in [4.78, 5) is 14.7. The second-order valence-electron chi connectivity index (χ2n) is 7.25. The van der Waals surface area contributed by atoms with Crippen LogP contribution in [0.15, 0.2) is 18.2 Å². The highest BCUT2D eigenvalue weighted by Gasteiger charge is 2.32. The van der Waals surface area contributed by atoms with Gasteiger partial charge in [0.15, 0.2) is 0 Å². The SMILES string of the molecule is Cl.N[C@@H]1CCC[C@H]1CC(=O)N(Cc1cc(F)ccc1F)C1CCCC1. The molecule has 1 amide bonds. The Morgan fingerprint density at radius 2 is 1.84 bits per heavy atom. The zero-order valence-electron chi connectivity index (χ0n) is 14.4. The van der Waals surface area contributed by atoms with Crippen LogP contribution in [0.1, 0.15) is 56.9 Å². The van der Waals surface area contributed by atoms with Crippen molar-refractivity contribution in [1.29, 1.82) is 0 Å². The lowest BCUT2D eigenvalue weighted by Gasteiger charge is -2.31. The Morgan fingerprint density at radius 1 is 1.12 bits per heavy atom. The molecule has 1 aromatic carbocycles. The van der Waals surface area contributed by atoms with Crippen LogP contribution in [-0.4, -0.2) is 22.9 Å². The number of carbonyl (C=O) groups excluding carboxylic acids is 1. The Morgan fingerprint density at radius 3 is 2.48 bits per heavy atom. The minimum absolute atomic E-state index is 0. The maximum absolute atomic E-state index is 14.0. The Balaban J connectivity index is 0.00000225. The van der Waals surface area contributed by atoms with E-state index < -0.39 is 11.6 Å². The fourth-order valence-electron chi connectivity index (χ4n) is 4.15. The first kappa shape index (κ1) is 20.1. The summed E-state index contributed by atoms with van der Waals surface area (Å²) in [6.07, 6.45) is 7.51. The second kappa shape index (κ2) is 8.95. The minimum Gasteiger partial charge on any atom is -0.335 e. The summed E-state index contributed by atoms with van der Waals surface area (Å²) in [5, 5.41) is 0. The van der Waals surface area contributed by atoms with Gasteiger partial charge in [-0.15, -0.1) is 12.4 Å². The van der Waals surface area contributed by atoms with Gasteiger partial charge in [-0.3, -0.25) is 4.79 Å². The van der Waals surface area contributed by atoms with Crippen LogP contribution in [0.3, 0.4) is 0 Å². The fourth-order valence-corrected chi connectivity index (χ4v) is 4.15. The molecule has 0 aromatic heterocycles. The van der Waals surface area contributed by atoms with Crippen LogP contribution in [0.5, 0.6) is 0 Å². The first-order chi connectivity index (χ1) is 11.5. The van der Waals surface area contributed by atoms with E-state index in [9.17, 15) is 13.6 Å². The molecule has 2 fully saturated rings. The molecular weight excluding hydrogens is 346 g/mol. The number of nitrogens with zero attached hydrogens (tertiary/aromatic N) is 1. The number of benzene rings is 1. The monoisotopic (exact) mass is 372 g/mol. The normalized spacial score (nSPS) is 23.5. The van der Waals surface area contributed by atoms with Gasteiger partial charge >= 0.3 is 0 Å². The number of halogens is 3. The van der Waals surface area contributed by atoms with Crippen molar-refractivity contribution >= 4 is 18.3 Å². The van der Waals surface area contributed by atoms with Gasteiger partial charge in [-0.2, -0.15) is 0 Å². The summed E-state index contributed by atoms with van der Waals surface area (Å²) in [5.74, 6) is -0.667. The average Bonchev–Trinajstić information content (AvgIpc) is 3.20. The largest absolute Gasteiger partial charge is 0.335 e. The third kappa shape index (κ3) is 4.91. The third-order valence-corrected chi connectivity index (χ3v) is 5.59. The summed E-state index contributed by atoms with van der Waals surface area (Å²) in [5.41, 5.74) is 6.35. The van der Waals surface area contributed by atoms with Crippen molar-refractivity contribution in [1.82, 2.24) is 4.90 Å². The van der Waals surface area contributed by atoms with Gasteiger partial charge in [0.25, 0.3) is 0 Å². The molecule has 2 saturated carbocycles. The van der Waals surface area contributed by atoms with Gasteiger partial charge in [0.1, 0.15) is 11.6 Å². The summed E-state index contributed by atoms with van der Waals surface area (Å²) in [6, 6.07) is 3.67. The quantitative estimate of drug-likeness (QED) is 0.842. The maximum Gasteiger partial charge on any atom is 0.223 e. The molecule has 2 aliphatic carbocycles. The predicted octanol–water partition coefficient (Wildman–Crippen LogP) is 4.18.